The van der Waals surface area contributed by atoms with Crippen molar-refractivity contribution in [1.82, 2.24) is 9.62 Å². The number of halogens is 1. The minimum atomic E-state index is -3.83. The topological polar surface area (TPSA) is 82.0 Å². The Morgan fingerprint density at radius 3 is 2.64 bits per heavy atom. The Labute approximate surface area is 174 Å². The van der Waals surface area contributed by atoms with Crippen molar-refractivity contribution >= 4 is 38.6 Å². The van der Waals surface area contributed by atoms with E-state index >= 15 is 0 Å². The summed E-state index contributed by atoms with van der Waals surface area (Å²) in [5, 5.41) is 11.9. The summed E-state index contributed by atoms with van der Waals surface area (Å²) in [6, 6.07) is 14.2. The number of thioether (sulfide) groups is 1. The number of aliphatic hydroxyl groups is 1. The number of aliphatic imine (C=N–C) groups is 1. The van der Waals surface area contributed by atoms with E-state index in [2.05, 4.69) is 9.71 Å². The number of hydrogen-bond donors (Lipinski definition) is 2. The Kier molecular flexibility index (Phi) is 6.36. The number of rotatable bonds is 6. The van der Waals surface area contributed by atoms with Gasteiger partial charge in [0.05, 0.1) is 10.8 Å². The Balaban J connectivity index is 1.82. The van der Waals surface area contributed by atoms with Crippen LogP contribution >= 0.6 is 23.4 Å². The number of nitrogens with one attached hydrogen (secondary N) is 1. The van der Waals surface area contributed by atoms with Crippen LogP contribution in [0.2, 0.25) is 5.02 Å². The van der Waals surface area contributed by atoms with Gasteiger partial charge in [0, 0.05) is 26.2 Å². The highest BCUT2D eigenvalue weighted by Gasteiger charge is 2.43. The van der Waals surface area contributed by atoms with Crippen molar-refractivity contribution in [2.75, 3.05) is 26.4 Å². The molecule has 2 aromatic carbocycles. The van der Waals surface area contributed by atoms with Crippen LogP contribution in [0.25, 0.3) is 0 Å². The zero-order chi connectivity index (χ0) is 20.4. The molecule has 0 radical (unpaired) electrons. The fourth-order valence-corrected chi connectivity index (χ4v) is 5.74. The van der Waals surface area contributed by atoms with Gasteiger partial charge in [0.15, 0.2) is 10.9 Å². The van der Waals surface area contributed by atoms with Gasteiger partial charge >= 0.3 is 0 Å². The number of amidine groups is 1. The van der Waals surface area contributed by atoms with Gasteiger partial charge in [-0.05, 0) is 24.1 Å². The fourth-order valence-electron chi connectivity index (χ4n) is 3.02. The van der Waals surface area contributed by atoms with Crippen LogP contribution in [0.3, 0.4) is 0 Å². The van der Waals surface area contributed by atoms with E-state index in [9.17, 15) is 13.5 Å². The van der Waals surface area contributed by atoms with Gasteiger partial charge in [-0.2, -0.15) is 0 Å². The molecule has 1 heterocycles. The maximum Gasteiger partial charge on any atom is 0.242 e. The highest BCUT2D eigenvalue weighted by Crippen LogP contribution is 2.39. The second-order valence-corrected chi connectivity index (χ2v) is 9.53. The summed E-state index contributed by atoms with van der Waals surface area (Å²) in [6.07, 6.45) is 0.566. The molecule has 28 heavy (non-hydrogen) atoms. The molecular formula is C19H22ClN3O3S2. The maximum atomic E-state index is 12.8. The van der Waals surface area contributed by atoms with E-state index in [1.807, 2.05) is 30.3 Å². The van der Waals surface area contributed by atoms with Crippen LogP contribution in [0.15, 0.2) is 58.4 Å². The Bertz CT molecular complexity index is 983. The second kappa shape index (κ2) is 8.42. The molecule has 1 aliphatic heterocycles. The van der Waals surface area contributed by atoms with Crippen LogP contribution in [-0.4, -0.2) is 50.0 Å². The number of hydrogen-bond acceptors (Lipinski definition) is 5. The quantitative estimate of drug-likeness (QED) is 0.723. The van der Waals surface area contributed by atoms with E-state index in [-0.39, 0.29) is 16.5 Å². The van der Waals surface area contributed by atoms with Crippen molar-refractivity contribution in [1.29, 1.82) is 0 Å². The second-order valence-electron chi connectivity index (χ2n) is 6.45. The molecule has 1 unspecified atom stereocenters. The van der Waals surface area contributed by atoms with Crippen LogP contribution in [0, 0.1) is 0 Å². The molecule has 0 bridgehead atoms. The predicted molar refractivity (Wildman–Crippen MR) is 114 cm³/mol. The first-order chi connectivity index (χ1) is 13.3. The van der Waals surface area contributed by atoms with E-state index in [0.717, 1.165) is 5.56 Å². The normalized spacial score (nSPS) is 21.4. The van der Waals surface area contributed by atoms with Crippen LogP contribution in [0.5, 0.6) is 0 Å². The third-order valence-corrected chi connectivity index (χ3v) is 7.87. The first-order valence-corrected chi connectivity index (χ1v) is 11.5. The predicted octanol–water partition coefficient (Wildman–Crippen LogP) is 2.67. The van der Waals surface area contributed by atoms with Crippen LogP contribution in [0.1, 0.15) is 11.1 Å². The highest BCUT2D eigenvalue weighted by atomic mass is 35.5. The minimum Gasteiger partial charge on any atom is -0.366 e. The van der Waals surface area contributed by atoms with Gasteiger partial charge in [-0.25, -0.2) is 13.1 Å². The molecule has 3 rings (SSSR count). The first kappa shape index (κ1) is 21.1. The van der Waals surface area contributed by atoms with Gasteiger partial charge in [-0.1, -0.05) is 59.8 Å². The summed E-state index contributed by atoms with van der Waals surface area (Å²) in [7, 11) is -0.448. The summed E-state index contributed by atoms with van der Waals surface area (Å²) >= 11 is 7.59. The number of nitrogens with zero attached hydrogens (tertiary/aromatic N) is 2. The van der Waals surface area contributed by atoms with Crippen molar-refractivity contribution < 1.29 is 13.5 Å². The lowest BCUT2D eigenvalue weighted by atomic mass is 10.0. The van der Waals surface area contributed by atoms with Crippen molar-refractivity contribution in [3.05, 3.63) is 64.7 Å². The zero-order valence-corrected chi connectivity index (χ0v) is 18.0. The molecule has 1 aliphatic rings. The van der Waals surface area contributed by atoms with Crippen LogP contribution in [-0.2, 0) is 22.2 Å². The number of sulfonamides is 1. The summed E-state index contributed by atoms with van der Waals surface area (Å²) < 4.78 is 28.2. The van der Waals surface area contributed by atoms with Gasteiger partial charge in [0.25, 0.3) is 0 Å². The van der Waals surface area contributed by atoms with Crippen molar-refractivity contribution in [3.8, 4) is 0 Å². The lowest BCUT2D eigenvalue weighted by Crippen LogP contribution is -2.42. The highest BCUT2D eigenvalue weighted by molar-refractivity contribution is 8.14. The lowest BCUT2D eigenvalue weighted by molar-refractivity contribution is -0.0349. The molecule has 1 saturated heterocycles. The van der Waals surface area contributed by atoms with E-state index in [0.29, 0.717) is 22.9 Å². The summed E-state index contributed by atoms with van der Waals surface area (Å²) in [5.74, 6) is 0.346. The summed E-state index contributed by atoms with van der Waals surface area (Å²) in [6.45, 7) is 0.250. The molecule has 0 spiro atoms. The minimum absolute atomic E-state index is 0.0477. The molecule has 2 aromatic rings. The van der Waals surface area contributed by atoms with Crippen LogP contribution < -0.4 is 4.72 Å². The molecule has 0 saturated carbocycles. The Hall–Kier alpha value is -1.58. The lowest BCUT2D eigenvalue weighted by Gasteiger charge is -2.31. The molecule has 2 N–H and O–H groups in total. The standard InChI is InChI=1S/C19H22ClN3O3S2/c1-21-18-23(2)19(24,13-27-18)15-8-9-16(20)17(12-15)28(25,26)22-11-10-14-6-4-3-5-7-14/h3-9,12,22,24H,10-11,13H2,1-2H3. The average molecular weight is 440 g/mol. The third-order valence-electron chi connectivity index (χ3n) is 4.67. The van der Waals surface area contributed by atoms with E-state index in [1.54, 1.807) is 25.1 Å². The van der Waals surface area contributed by atoms with Crippen molar-refractivity contribution in [2.24, 2.45) is 4.99 Å². The van der Waals surface area contributed by atoms with Gasteiger partial charge in [-0.3, -0.25) is 4.99 Å². The van der Waals surface area contributed by atoms with Crippen LogP contribution in [0.4, 0.5) is 0 Å². The maximum absolute atomic E-state index is 12.8. The van der Waals surface area contributed by atoms with Gasteiger partial charge < -0.3 is 10.0 Å². The average Bonchev–Trinajstić information content (AvgIpc) is 2.98. The molecule has 1 atom stereocenters. The molecular weight excluding hydrogens is 418 g/mol. The molecule has 9 heteroatoms. The van der Waals surface area contributed by atoms with E-state index in [1.165, 1.54) is 23.9 Å². The summed E-state index contributed by atoms with van der Waals surface area (Å²) in [4.78, 5) is 5.73. The molecule has 150 valence electrons. The molecule has 0 aromatic heterocycles. The van der Waals surface area contributed by atoms with Gasteiger partial charge in [0.2, 0.25) is 10.0 Å². The van der Waals surface area contributed by atoms with Crippen molar-refractivity contribution in [2.45, 2.75) is 17.0 Å². The van der Waals surface area contributed by atoms with Crippen molar-refractivity contribution in [3.63, 3.8) is 0 Å². The SMILES string of the molecule is CN=C1SCC(O)(c2ccc(Cl)c(S(=O)(=O)NCCc3ccccc3)c2)N1C. The van der Waals surface area contributed by atoms with E-state index in [4.69, 9.17) is 11.6 Å². The monoisotopic (exact) mass is 439 g/mol. The fraction of sp³-hybridized carbons (Fsp3) is 0.316. The van der Waals surface area contributed by atoms with Gasteiger partial charge in [0.1, 0.15) is 4.90 Å². The Morgan fingerprint density at radius 2 is 2.00 bits per heavy atom. The molecule has 1 fully saturated rings. The molecule has 6 nitrogen and oxygen atoms in total. The smallest absolute Gasteiger partial charge is 0.242 e. The first-order valence-electron chi connectivity index (χ1n) is 8.67. The largest absolute Gasteiger partial charge is 0.366 e. The van der Waals surface area contributed by atoms with E-state index < -0.39 is 15.7 Å². The third kappa shape index (κ3) is 4.21. The Morgan fingerprint density at radius 1 is 1.29 bits per heavy atom. The van der Waals surface area contributed by atoms with Gasteiger partial charge in [-0.15, -0.1) is 0 Å². The summed E-state index contributed by atoms with van der Waals surface area (Å²) in [5.41, 5.74) is 0.141. The molecule has 0 aliphatic carbocycles. The number of benzene rings is 2. The molecule has 0 amide bonds. The zero-order valence-electron chi connectivity index (χ0n) is 15.6.